The highest BCUT2D eigenvalue weighted by atomic mass is 16.2. The molecule has 1 fully saturated rings. The van der Waals surface area contributed by atoms with Crippen LogP contribution >= 0.6 is 0 Å². The van der Waals surface area contributed by atoms with Crippen LogP contribution in [0.2, 0.25) is 0 Å². The number of hydrogen-bond acceptors (Lipinski definition) is 7. The monoisotopic (exact) mass is 445 g/mol. The van der Waals surface area contributed by atoms with Crippen molar-refractivity contribution in [3.63, 3.8) is 0 Å². The molecule has 0 spiro atoms. The second kappa shape index (κ2) is 9.66. The molecule has 1 aliphatic rings. The number of carbonyl (C=O) groups excluding carboxylic acids is 2. The van der Waals surface area contributed by atoms with E-state index in [0.29, 0.717) is 17.2 Å². The molecule has 9 nitrogen and oxygen atoms in total. The normalized spacial score (nSPS) is 14.1. The fourth-order valence-electron chi connectivity index (χ4n) is 3.62. The summed E-state index contributed by atoms with van der Waals surface area (Å²) in [6.07, 6.45) is 3.05. The molecular weight excluding hydrogens is 418 g/mol. The van der Waals surface area contributed by atoms with Crippen molar-refractivity contribution in [2.45, 2.75) is 6.92 Å². The molecule has 0 aliphatic carbocycles. The van der Waals surface area contributed by atoms with E-state index in [2.05, 4.69) is 49.6 Å². The van der Waals surface area contributed by atoms with Crippen LogP contribution in [-0.2, 0) is 0 Å². The van der Waals surface area contributed by atoms with Crippen molar-refractivity contribution in [3.8, 4) is 0 Å². The molecule has 170 valence electrons. The summed E-state index contributed by atoms with van der Waals surface area (Å²) < 4.78 is 0. The van der Waals surface area contributed by atoms with Gasteiger partial charge in [0, 0.05) is 48.7 Å². The second-order valence-corrected chi connectivity index (χ2v) is 8.11. The van der Waals surface area contributed by atoms with E-state index in [1.807, 2.05) is 12.1 Å². The van der Waals surface area contributed by atoms with Crippen LogP contribution in [0.3, 0.4) is 0 Å². The minimum Gasteiger partial charge on any atom is -0.369 e. The van der Waals surface area contributed by atoms with E-state index in [1.165, 1.54) is 24.1 Å². The third kappa shape index (κ3) is 5.45. The zero-order valence-corrected chi connectivity index (χ0v) is 18.7. The lowest BCUT2D eigenvalue weighted by Crippen LogP contribution is -2.44. The van der Waals surface area contributed by atoms with Crippen LogP contribution < -0.4 is 21.3 Å². The summed E-state index contributed by atoms with van der Waals surface area (Å²) in [5, 5.41) is 5.92. The first-order valence-electron chi connectivity index (χ1n) is 10.7. The van der Waals surface area contributed by atoms with Gasteiger partial charge in [0.25, 0.3) is 5.91 Å². The van der Waals surface area contributed by atoms with E-state index in [4.69, 9.17) is 5.73 Å². The number of hydrogen-bond donors (Lipinski definition) is 3. The van der Waals surface area contributed by atoms with Crippen molar-refractivity contribution in [3.05, 3.63) is 71.5 Å². The Kier molecular flexibility index (Phi) is 6.50. The van der Waals surface area contributed by atoms with Crippen LogP contribution in [0.4, 0.5) is 23.0 Å². The molecule has 1 aliphatic heterocycles. The number of carbonyl (C=O) groups is 2. The quantitative estimate of drug-likeness (QED) is 0.534. The number of anilines is 4. The lowest BCUT2D eigenvalue weighted by Gasteiger charge is -2.34. The summed E-state index contributed by atoms with van der Waals surface area (Å²) in [5.74, 6) is -0.522. The molecule has 0 radical (unpaired) electrons. The van der Waals surface area contributed by atoms with Gasteiger partial charge in [0.1, 0.15) is 0 Å². The fourth-order valence-corrected chi connectivity index (χ4v) is 3.62. The maximum atomic E-state index is 12.6. The van der Waals surface area contributed by atoms with E-state index in [-0.39, 0.29) is 11.5 Å². The maximum Gasteiger partial charge on any atom is 0.256 e. The van der Waals surface area contributed by atoms with E-state index in [9.17, 15) is 9.59 Å². The summed E-state index contributed by atoms with van der Waals surface area (Å²) in [5.41, 5.74) is 9.22. The number of benzene rings is 2. The molecule has 2 heterocycles. The van der Waals surface area contributed by atoms with Crippen LogP contribution in [0.1, 0.15) is 26.3 Å². The highest BCUT2D eigenvalue weighted by molar-refractivity contribution is 6.06. The molecular formula is C24H27N7O2. The van der Waals surface area contributed by atoms with E-state index in [0.717, 1.165) is 37.4 Å². The molecule has 0 atom stereocenters. The Balaban J connectivity index is 1.37. The van der Waals surface area contributed by atoms with Crippen molar-refractivity contribution < 1.29 is 9.59 Å². The van der Waals surface area contributed by atoms with Crippen LogP contribution in [0.25, 0.3) is 0 Å². The fraction of sp³-hybridized carbons (Fsp3) is 0.250. The molecule has 1 aromatic heterocycles. The van der Waals surface area contributed by atoms with Gasteiger partial charge < -0.3 is 26.2 Å². The van der Waals surface area contributed by atoms with Gasteiger partial charge in [0.15, 0.2) is 0 Å². The number of nitrogens with zero attached hydrogens (tertiary/aromatic N) is 4. The van der Waals surface area contributed by atoms with E-state index >= 15 is 0 Å². The predicted octanol–water partition coefficient (Wildman–Crippen LogP) is 2.63. The van der Waals surface area contributed by atoms with Gasteiger partial charge in [-0.2, -0.15) is 0 Å². The molecule has 0 unspecified atom stereocenters. The third-order valence-electron chi connectivity index (χ3n) is 5.67. The number of aromatic nitrogens is 2. The Labute approximate surface area is 192 Å². The molecule has 3 aromatic rings. The van der Waals surface area contributed by atoms with Crippen molar-refractivity contribution >= 4 is 34.8 Å². The summed E-state index contributed by atoms with van der Waals surface area (Å²) in [7, 11) is 2.14. The average molecular weight is 446 g/mol. The Bertz CT molecular complexity index is 1140. The van der Waals surface area contributed by atoms with Crippen LogP contribution in [-0.4, -0.2) is 59.9 Å². The van der Waals surface area contributed by atoms with Crippen LogP contribution in [0.15, 0.2) is 54.9 Å². The van der Waals surface area contributed by atoms with Gasteiger partial charge in [-0.25, -0.2) is 9.97 Å². The molecule has 2 aromatic carbocycles. The van der Waals surface area contributed by atoms with Crippen molar-refractivity contribution in [1.29, 1.82) is 0 Å². The Morgan fingerprint density at radius 3 is 2.24 bits per heavy atom. The van der Waals surface area contributed by atoms with Crippen molar-refractivity contribution in [1.82, 2.24) is 14.9 Å². The molecule has 0 bridgehead atoms. The molecule has 4 N–H and O–H groups in total. The highest BCUT2D eigenvalue weighted by Crippen LogP contribution is 2.21. The third-order valence-corrected chi connectivity index (χ3v) is 5.67. The molecule has 2 amide bonds. The first-order valence-corrected chi connectivity index (χ1v) is 10.7. The van der Waals surface area contributed by atoms with Gasteiger partial charge in [0.2, 0.25) is 11.9 Å². The standard InChI is InChI=1S/C24H27N7O2/c1-16-3-4-17(22(25)32)13-21(16)23(33)28-19-14-26-24(27-15-19)29-18-5-7-20(8-6-18)31-11-9-30(2)10-12-31/h3-8,13-15H,9-12H2,1-2H3,(H2,25,32)(H,28,33)(H,26,27,29). The lowest BCUT2D eigenvalue weighted by atomic mass is 10.0. The smallest absolute Gasteiger partial charge is 0.256 e. The number of nitrogens with two attached hydrogens (primary N) is 1. The van der Waals surface area contributed by atoms with Gasteiger partial charge in [-0.05, 0) is 55.9 Å². The largest absolute Gasteiger partial charge is 0.369 e. The number of primary amides is 1. The molecule has 4 rings (SSSR count). The predicted molar refractivity (Wildman–Crippen MR) is 129 cm³/mol. The number of aryl methyl sites for hydroxylation is 1. The van der Waals surface area contributed by atoms with E-state index in [1.54, 1.807) is 19.1 Å². The number of piperazine rings is 1. The second-order valence-electron chi connectivity index (χ2n) is 8.11. The number of amides is 2. The number of likely N-dealkylation sites (N-methyl/N-ethyl adjacent to an activating group) is 1. The first-order chi connectivity index (χ1) is 15.9. The molecule has 33 heavy (non-hydrogen) atoms. The maximum absolute atomic E-state index is 12.6. The summed E-state index contributed by atoms with van der Waals surface area (Å²) in [6.45, 7) is 5.95. The number of nitrogens with one attached hydrogen (secondary N) is 2. The summed E-state index contributed by atoms with van der Waals surface area (Å²) in [6, 6.07) is 12.9. The lowest BCUT2D eigenvalue weighted by molar-refractivity contribution is 0.1000. The molecule has 9 heteroatoms. The van der Waals surface area contributed by atoms with Crippen LogP contribution in [0.5, 0.6) is 0 Å². The number of rotatable bonds is 6. The molecule has 1 saturated heterocycles. The minimum absolute atomic E-state index is 0.278. The molecule has 0 saturated carbocycles. The highest BCUT2D eigenvalue weighted by Gasteiger charge is 2.15. The topological polar surface area (TPSA) is 116 Å². The Morgan fingerprint density at radius 1 is 0.939 bits per heavy atom. The van der Waals surface area contributed by atoms with Gasteiger partial charge in [0.05, 0.1) is 18.1 Å². The van der Waals surface area contributed by atoms with Crippen molar-refractivity contribution in [2.75, 3.05) is 48.8 Å². The van der Waals surface area contributed by atoms with Gasteiger partial charge in [-0.15, -0.1) is 0 Å². The summed E-state index contributed by atoms with van der Waals surface area (Å²) >= 11 is 0. The average Bonchev–Trinajstić information content (AvgIpc) is 2.81. The SMILES string of the molecule is Cc1ccc(C(N)=O)cc1C(=O)Nc1cnc(Nc2ccc(N3CCN(C)CC3)cc2)nc1. The zero-order valence-electron chi connectivity index (χ0n) is 18.7. The van der Waals surface area contributed by atoms with Gasteiger partial charge in [-0.1, -0.05) is 6.07 Å². The Hall–Kier alpha value is -3.98. The van der Waals surface area contributed by atoms with Gasteiger partial charge in [-0.3, -0.25) is 9.59 Å². The van der Waals surface area contributed by atoms with Gasteiger partial charge >= 0.3 is 0 Å². The minimum atomic E-state index is -0.584. The van der Waals surface area contributed by atoms with Crippen molar-refractivity contribution in [2.24, 2.45) is 5.73 Å². The van der Waals surface area contributed by atoms with E-state index < -0.39 is 5.91 Å². The first kappa shape index (κ1) is 22.2. The van der Waals surface area contributed by atoms with Crippen LogP contribution in [0, 0.1) is 6.92 Å². The Morgan fingerprint density at radius 2 is 1.61 bits per heavy atom. The summed E-state index contributed by atoms with van der Waals surface area (Å²) in [4.78, 5) is 37.3. The zero-order chi connectivity index (χ0) is 23.4.